The van der Waals surface area contributed by atoms with Crippen molar-refractivity contribution >= 4 is 17.5 Å². The van der Waals surface area contributed by atoms with Gasteiger partial charge >= 0.3 is 18.1 Å². The van der Waals surface area contributed by atoms with Crippen LogP contribution in [0, 0.1) is 5.41 Å². The number of carbonyl (C=O) groups is 1. The Kier molecular flexibility index (Phi) is 4.64. The summed E-state index contributed by atoms with van der Waals surface area (Å²) in [6.07, 6.45) is -5.70. The number of imidazole rings is 1. The number of ether oxygens (including phenoxy) is 1. The summed E-state index contributed by atoms with van der Waals surface area (Å²) in [5, 5.41) is 7.35. The van der Waals surface area contributed by atoms with Crippen molar-refractivity contribution in [2.75, 3.05) is 7.11 Å². The van der Waals surface area contributed by atoms with Crippen LogP contribution in [0.3, 0.4) is 0 Å². The maximum Gasteiger partial charge on any atom is 0.453 e. The molecule has 2 rings (SSSR count). The highest BCUT2D eigenvalue weighted by atomic mass is 19.4. The summed E-state index contributed by atoms with van der Waals surface area (Å²) in [7, 11) is 1.09. The van der Waals surface area contributed by atoms with Crippen LogP contribution in [0.4, 0.5) is 22.0 Å². The lowest BCUT2D eigenvalue weighted by atomic mass is 10.1. The second-order valence-corrected chi connectivity index (χ2v) is 5.04. The van der Waals surface area contributed by atoms with E-state index in [1.54, 1.807) is 0 Å². The lowest BCUT2D eigenvalue weighted by Gasteiger charge is -2.19. The van der Waals surface area contributed by atoms with Crippen LogP contribution in [0.15, 0.2) is 12.4 Å². The predicted octanol–water partition coefficient (Wildman–Crippen LogP) is 1.93. The van der Waals surface area contributed by atoms with Crippen LogP contribution >= 0.6 is 0 Å². The van der Waals surface area contributed by atoms with Gasteiger partial charge in [-0.05, 0) is 6.42 Å². The van der Waals surface area contributed by atoms with Gasteiger partial charge in [-0.2, -0.15) is 22.0 Å². The molecular weight excluding hydrogens is 353 g/mol. The molecule has 0 atom stereocenters. The number of methoxy groups -OCH3 is 1. The van der Waals surface area contributed by atoms with E-state index in [0.717, 1.165) is 11.5 Å². The monoisotopic (exact) mass is 365 g/mol. The van der Waals surface area contributed by atoms with Gasteiger partial charge in [0.05, 0.1) is 12.8 Å². The van der Waals surface area contributed by atoms with Crippen molar-refractivity contribution in [1.82, 2.24) is 14.4 Å². The molecule has 2 aromatic heterocycles. The molecule has 0 aliphatic rings. The van der Waals surface area contributed by atoms with Gasteiger partial charge in [0.2, 0.25) is 0 Å². The number of hydrogen-bond acceptors (Lipinski definition) is 5. The Hall–Kier alpha value is -2.79. The van der Waals surface area contributed by atoms with Gasteiger partial charge in [0.15, 0.2) is 11.3 Å². The van der Waals surface area contributed by atoms with Crippen LogP contribution in [0.5, 0.6) is 0 Å². The summed E-state index contributed by atoms with van der Waals surface area (Å²) in [6, 6.07) is 0. The fraction of sp³-hybridized carbons (Fsp3) is 0.385. The van der Waals surface area contributed by atoms with Crippen molar-refractivity contribution in [2.24, 2.45) is 5.73 Å². The molecule has 0 amide bonds. The minimum Gasteiger partial charge on any atom is -0.464 e. The number of hydrogen-bond donors (Lipinski definition) is 2. The Morgan fingerprint density at radius 2 is 1.84 bits per heavy atom. The quantitative estimate of drug-likeness (QED) is 0.364. The third-order valence-corrected chi connectivity index (χ3v) is 3.27. The summed E-state index contributed by atoms with van der Waals surface area (Å²) in [5.41, 5.74) is 4.56. The Morgan fingerprint density at radius 1 is 1.24 bits per heavy atom. The molecule has 0 aliphatic carbocycles. The molecule has 0 fully saturated rings. The zero-order chi connectivity index (χ0) is 19.0. The largest absolute Gasteiger partial charge is 0.464 e. The third kappa shape index (κ3) is 3.67. The van der Waals surface area contributed by atoms with Crippen LogP contribution in [0.25, 0.3) is 5.65 Å². The normalized spacial score (nSPS) is 12.4. The highest BCUT2D eigenvalue weighted by Gasteiger charge is 2.56. The number of halogens is 5. The first-order chi connectivity index (χ1) is 11.5. The Bertz CT molecular complexity index is 830. The predicted molar refractivity (Wildman–Crippen MR) is 74.7 cm³/mol. The van der Waals surface area contributed by atoms with E-state index in [1.807, 2.05) is 0 Å². The van der Waals surface area contributed by atoms with Gasteiger partial charge in [-0.25, -0.2) is 14.8 Å². The van der Waals surface area contributed by atoms with Crippen molar-refractivity contribution in [3.05, 3.63) is 29.5 Å². The summed E-state index contributed by atoms with van der Waals surface area (Å²) in [4.78, 5) is 19.1. The molecule has 0 radical (unpaired) electrons. The fourth-order valence-corrected chi connectivity index (χ4v) is 1.98. The lowest BCUT2D eigenvalue weighted by molar-refractivity contribution is -0.284. The highest BCUT2D eigenvalue weighted by molar-refractivity contribution is 5.93. The average molecular weight is 365 g/mol. The molecule has 136 valence electrons. The number of aromatic nitrogens is 3. The molecule has 3 N–H and O–H groups in total. The summed E-state index contributed by atoms with van der Waals surface area (Å²) in [6.45, 7) is 0. The van der Waals surface area contributed by atoms with Crippen molar-refractivity contribution in [3.8, 4) is 0 Å². The van der Waals surface area contributed by atoms with Crippen molar-refractivity contribution in [2.45, 2.75) is 24.9 Å². The number of alkyl halides is 5. The van der Waals surface area contributed by atoms with Gasteiger partial charge < -0.3 is 14.9 Å². The number of nitrogens with one attached hydrogen (secondary N) is 1. The van der Waals surface area contributed by atoms with Gasteiger partial charge in [-0.15, -0.1) is 0 Å². The van der Waals surface area contributed by atoms with E-state index in [4.69, 9.17) is 11.1 Å². The van der Waals surface area contributed by atoms with Gasteiger partial charge in [-0.1, -0.05) is 0 Å². The van der Waals surface area contributed by atoms with E-state index in [9.17, 15) is 26.7 Å². The number of aryl methyl sites for hydroxylation is 1. The number of rotatable bonds is 5. The molecule has 0 spiro atoms. The number of carbonyl (C=O) groups excluding carboxylic acids is 1. The number of amidine groups is 1. The Morgan fingerprint density at radius 3 is 2.36 bits per heavy atom. The molecule has 2 heterocycles. The molecule has 7 nitrogen and oxygen atoms in total. The van der Waals surface area contributed by atoms with Crippen LogP contribution in [-0.4, -0.2) is 45.4 Å². The first-order valence-corrected chi connectivity index (χ1v) is 6.72. The van der Waals surface area contributed by atoms with Crippen LogP contribution < -0.4 is 5.73 Å². The highest BCUT2D eigenvalue weighted by Crippen LogP contribution is 2.38. The fourth-order valence-electron chi connectivity index (χ4n) is 1.98. The minimum absolute atomic E-state index is 0.108. The van der Waals surface area contributed by atoms with E-state index in [1.165, 1.54) is 12.4 Å². The molecule has 0 saturated carbocycles. The van der Waals surface area contributed by atoms with E-state index in [-0.39, 0.29) is 22.7 Å². The van der Waals surface area contributed by atoms with Crippen LogP contribution in [-0.2, 0) is 11.2 Å². The van der Waals surface area contributed by atoms with Crippen molar-refractivity contribution in [3.63, 3.8) is 0 Å². The molecule has 12 heteroatoms. The molecule has 2 aromatic rings. The van der Waals surface area contributed by atoms with Crippen LogP contribution in [0.2, 0.25) is 0 Å². The van der Waals surface area contributed by atoms with Crippen molar-refractivity contribution in [1.29, 1.82) is 5.41 Å². The average Bonchev–Trinajstić information content (AvgIpc) is 2.94. The second kappa shape index (κ2) is 6.26. The molecule has 0 saturated heterocycles. The van der Waals surface area contributed by atoms with Gasteiger partial charge in [0, 0.05) is 18.8 Å². The molecule has 0 aromatic carbocycles. The zero-order valence-corrected chi connectivity index (χ0v) is 12.7. The minimum atomic E-state index is -5.70. The van der Waals surface area contributed by atoms with Gasteiger partial charge in [-0.3, -0.25) is 5.41 Å². The van der Waals surface area contributed by atoms with E-state index in [2.05, 4.69) is 14.7 Å². The summed E-state index contributed by atoms with van der Waals surface area (Å²) < 4.78 is 68.8. The van der Waals surface area contributed by atoms with E-state index in [0.29, 0.717) is 0 Å². The Labute approximate surface area is 137 Å². The van der Waals surface area contributed by atoms with Gasteiger partial charge in [0.1, 0.15) is 11.5 Å². The molecule has 0 bridgehead atoms. The molecular formula is C13H12F5N5O2. The van der Waals surface area contributed by atoms with Crippen molar-refractivity contribution < 1.29 is 31.5 Å². The number of esters is 1. The number of nitrogen functional groups attached to an aromatic ring is 1. The number of fused-ring (bicyclic) bond motifs is 1. The zero-order valence-electron chi connectivity index (χ0n) is 12.7. The van der Waals surface area contributed by atoms with Gasteiger partial charge in [0.25, 0.3) is 0 Å². The third-order valence-electron chi connectivity index (χ3n) is 3.27. The SMILES string of the molecule is COC(=O)c1cn2cc(C(=N)N)nc(CCC(F)(F)C(F)(F)F)c2n1. The lowest BCUT2D eigenvalue weighted by Crippen LogP contribution is -2.36. The summed E-state index contributed by atoms with van der Waals surface area (Å²) >= 11 is 0. The summed E-state index contributed by atoms with van der Waals surface area (Å²) in [5.74, 6) is -6.28. The molecule has 0 unspecified atom stereocenters. The molecule has 25 heavy (non-hydrogen) atoms. The maximum atomic E-state index is 13.1. The Balaban J connectivity index is 2.47. The molecule has 0 aliphatic heterocycles. The van der Waals surface area contributed by atoms with E-state index < -0.39 is 36.7 Å². The first-order valence-electron chi connectivity index (χ1n) is 6.72. The second-order valence-electron chi connectivity index (χ2n) is 5.04. The number of nitrogens with zero attached hydrogens (tertiary/aromatic N) is 3. The standard InChI is InChI=1S/C13H12F5N5O2/c1-25-11(24)8-5-23-4-7(9(19)20)21-6(10(23)22-8)2-3-12(14,15)13(16,17)18/h4-5H,2-3H2,1H3,(H3,19,20). The first kappa shape index (κ1) is 18.5. The number of nitrogens with two attached hydrogens (primary N) is 1. The van der Waals surface area contributed by atoms with Crippen LogP contribution in [0.1, 0.15) is 28.3 Å². The maximum absolute atomic E-state index is 13.1. The van der Waals surface area contributed by atoms with E-state index >= 15 is 0 Å². The smallest absolute Gasteiger partial charge is 0.453 e. The topological polar surface area (TPSA) is 106 Å².